The van der Waals surface area contributed by atoms with E-state index < -0.39 is 5.97 Å². The van der Waals surface area contributed by atoms with Crippen molar-refractivity contribution >= 4 is 18.6 Å². The summed E-state index contributed by atoms with van der Waals surface area (Å²) in [5.41, 5.74) is 2.02. The van der Waals surface area contributed by atoms with Crippen LogP contribution in [0.3, 0.4) is 0 Å². The number of hydrogen-bond donors (Lipinski definition) is 3. The molecule has 0 aliphatic carbocycles. The summed E-state index contributed by atoms with van der Waals surface area (Å²) in [5.74, 6) is -0.948. The number of hydrogen-bond acceptors (Lipinski definition) is 4. The SMILES string of the molecule is CCC(S)ONCC(=O)O. The van der Waals surface area contributed by atoms with Gasteiger partial charge < -0.3 is 5.11 Å². The molecule has 1 atom stereocenters. The third-order valence-electron chi connectivity index (χ3n) is 0.792. The summed E-state index contributed by atoms with van der Waals surface area (Å²) in [4.78, 5) is 14.6. The molecule has 0 fully saturated rings. The van der Waals surface area contributed by atoms with Crippen molar-refractivity contribution in [2.24, 2.45) is 0 Å². The molecule has 0 aliphatic heterocycles. The van der Waals surface area contributed by atoms with Crippen LogP contribution in [0.2, 0.25) is 0 Å². The maximum Gasteiger partial charge on any atom is 0.319 e. The van der Waals surface area contributed by atoms with Gasteiger partial charge in [0.2, 0.25) is 0 Å². The van der Waals surface area contributed by atoms with Gasteiger partial charge in [-0.1, -0.05) is 6.92 Å². The molecule has 0 saturated carbocycles. The Morgan fingerprint density at radius 1 is 1.90 bits per heavy atom. The third-order valence-corrected chi connectivity index (χ3v) is 1.26. The Kier molecular flexibility index (Phi) is 5.38. The van der Waals surface area contributed by atoms with E-state index in [0.717, 1.165) is 6.42 Å². The molecule has 0 aromatic rings. The van der Waals surface area contributed by atoms with Crippen LogP contribution in [0.25, 0.3) is 0 Å². The van der Waals surface area contributed by atoms with Crippen molar-refractivity contribution in [3.63, 3.8) is 0 Å². The zero-order chi connectivity index (χ0) is 7.98. The standard InChI is InChI=1S/C5H11NO3S/c1-2-5(10)9-6-3-4(7)8/h5-6,10H,2-3H2,1H3,(H,7,8). The van der Waals surface area contributed by atoms with Crippen LogP contribution in [0.15, 0.2) is 0 Å². The van der Waals surface area contributed by atoms with Gasteiger partial charge in [-0.3, -0.25) is 9.63 Å². The topological polar surface area (TPSA) is 58.6 Å². The first-order chi connectivity index (χ1) is 4.66. The van der Waals surface area contributed by atoms with Crippen LogP contribution in [0.1, 0.15) is 13.3 Å². The van der Waals surface area contributed by atoms with Crippen LogP contribution < -0.4 is 5.48 Å². The van der Waals surface area contributed by atoms with E-state index in [1.807, 2.05) is 6.92 Å². The molecular formula is C5H11NO3S. The van der Waals surface area contributed by atoms with Gasteiger partial charge in [-0.05, 0) is 6.42 Å². The summed E-state index contributed by atoms with van der Waals surface area (Å²) in [5, 5.41) is 8.13. The van der Waals surface area contributed by atoms with Gasteiger partial charge in [-0.2, -0.15) is 5.48 Å². The van der Waals surface area contributed by atoms with Crippen molar-refractivity contribution in [1.82, 2.24) is 5.48 Å². The van der Waals surface area contributed by atoms with Gasteiger partial charge in [0.15, 0.2) is 0 Å². The van der Waals surface area contributed by atoms with Gasteiger partial charge >= 0.3 is 5.97 Å². The first kappa shape index (κ1) is 9.74. The Bertz CT molecular complexity index is 109. The predicted octanol–water partition coefficient (Wildman–Crippen LogP) is 0.258. The van der Waals surface area contributed by atoms with Crippen LogP contribution in [0.5, 0.6) is 0 Å². The van der Waals surface area contributed by atoms with E-state index in [1.54, 1.807) is 0 Å². The van der Waals surface area contributed by atoms with Crippen molar-refractivity contribution < 1.29 is 14.7 Å². The quantitative estimate of drug-likeness (QED) is 0.311. The second-order valence-electron chi connectivity index (χ2n) is 1.70. The number of carboxylic acid groups (broad SMARTS) is 1. The van der Waals surface area contributed by atoms with Crippen LogP contribution in [-0.2, 0) is 9.63 Å². The molecule has 0 aromatic carbocycles. The fourth-order valence-corrected chi connectivity index (χ4v) is 0.357. The van der Waals surface area contributed by atoms with Crippen LogP contribution in [0, 0.1) is 0 Å². The largest absolute Gasteiger partial charge is 0.480 e. The molecule has 0 bridgehead atoms. The fourth-order valence-electron chi connectivity index (χ4n) is 0.283. The summed E-state index contributed by atoms with van der Waals surface area (Å²) < 4.78 is 0. The highest BCUT2D eigenvalue weighted by atomic mass is 32.1. The number of nitrogens with one attached hydrogen (secondary N) is 1. The number of aliphatic carboxylic acids is 1. The Balaban J connectivity index is 3.11. The maximum atomic E-state index is 9.90. The van der Waals surface area contributed by atoms with E-state index in [0.29, 0.717) is 0 Å². The highest BCUT2D eigenvalue weighted by molar-refractivity contribution is 7.80. The van der Waals surface area contributed by atoms with Crippen LogP contribution in [-0.4, -0.2) is 23.1 Å². The minimum atomic E-state index is -0.948. The lowest BCUT2D eigenvalue weighted by molar-refractivity contribution is -0.139. The molecule has 0 radical (unpaired) electrons. The number of thiol groups is 1. The van der Waals surface area contributed by atoms with Crippen LogP contribution in [0.4, 0.5) is 0 Å². The van der Waals surface area contributed by atoms with E-state index in [9.17, 15) is 4.79 Å². The lowest BCUT2D eigenvalue weighted by Crippen LogP contribution is -2.25. The normalized spacial score (nSPS) is 13.0. The Morgan fingerprint density at radius 3 is 2.90 bits per heavy atom. The average molecular weight is 165 g/mol. The zero-order valence-corrected chi connectivity index (χ0v) is 6.60. The minimum absolute atomic E-state index is 0.197. The molecule has 4 nitrogen and oxygen atoms in total. The molecule has 0 saturated heterocycles. The predicted molar refractivity (Wildman–Crippen MR) is 39.8 cm³/mol. The molecule has 1 unspecified atom stereocenters. The molecule has 0 amide bonds. The van der Waals surface area contributed by atoms with E-state index in [1.165, 1.54) is 0 Å². The monoisotopic (exact) mass is 165 g/mol. The second kappa shape index (κ2) is 5.52. The van der Waals surface area contributed by atoms with E-state index in [4.69, 9.17) is 9.94 Å². The van der Waals surface area contributed by atoms with Crippen molar-refractivity contribution in [1.29, 1.82) is 0 Å². The fraction of sp³-hybridized carbons (Fsp3) is 0.800. The highest BCUT2D eigenvalue weighted by Gasteiger charge is 1.99. The Hall–Kier alpha value is -0.260. The lowest BCUT2D eigenvalue weighted by atomic mass is 10.5. The molecule has 0 heterocycles. The molecular weight excluding hydrogens is 154 g/mol. The molecule has 60 valence electrons. The van der Waals surface area contributed by atoms with Crippen LogP contribution >= 0.6 is 12.6 Å². The van der Waals surface area contributed by atoms with Gasteiger partial charge in [0.05, 0.1) is 0 Å². The summed E-state index contributed by atoms with van der Waals surface area (Å²) >= 11 is 3.95. The van der Waals surface area contributed by atoms with E-state index in [-0.39, 0.29) is 12.0 Å². The molecule has 2 N–H and O–H groups in total. The van der Waals surface area contributed by atoms with Gasteiger partial charge in [0.1, 0.15) is 12.0 Å². The summed E-state index contributed by atoms with van der Waals surface area (Å²) in [6.07, 6.45) is 0.732. The molecule has 0 aliphatic rings. The Morgan fingerprint density at radius 2 is 2.50 bits per heavy atom. The third kappa shape index (κ3) is 5.87. The molecule has 10 heavy (non-hydrogen) atoms. The summed E-state index contributed by atoms with van der Waals surface area (Å²) in [7, 11) is 0. The second-order valence-corrected chi connectivity index (χ2v) is 2.27. The van der Waals surface area contributed by atoms with Gasteiger partial charge in [-0.25, -0.2) is 0 Å². The number of carbonyl (C=O) groups is 1. The molecule has 0 rings (SSSR count). The van der Waals surface area contributed by atoms with Crippen molar-refractivity contribution in [2.75, 3.05) is 6.54 Å². The number of rotatable bonds is 5. The smallest absolute Gasteiger partial charge is 0.319 e. The number of hydroxylamine groups is 1. The van der Waals surface area contributed by atoms with Crippen molar-refractivity contribution in [3.8, 4) is 0 Å². The number of carboxylic acids is 1. The minimum Gasteiger partial charge on any atom is -0.480 e. The van der Waals surface area contributed by atoms with Gasteiger partial charge in [0, 0.05) is 0 Å². The molecule has 0 aromatic heterocycles. The first-order valence-electron chi connectivity index (χ1n) is 2.95. The molecule has 0 spiro atoms. The van der Waals surface area contributed by atoms with E-state index in [2.05, 4.69) is 18.1 Å². The summed E-state index contributed by atoms with van der Waals surface area (Å²) in [6.45, 7) is 1.69. The van der Waals surface area contributed by atoms with Gasteiger partial charge in [-0.15, -0.1) is 12.6 Å². The van der Waals surface area contributed by atoms with Crippen molar-refractivity contribution in [2.45, 2.75) is 18.8 Å². The Labute approximate surface area is 64.9 Å². The first-order valence-corrected chi connectivity index (χ1v) is 3.46. The molecule has 5 heteroatoms. The maximum absolute atomic E-state index is 9.90. The van der Waals surface area contributed by atoms with Gasteiger partial charge in [0.25, 0.3) is 0 Å². The highest BCUT2D eigenvalue weighted by Crippen LogP contribution is 1.98. The zero-order valence-electron chi connectivity index (χ0n) is 5.70. The van der Waals surface area contributed by atoms with Crippen molar-refractivity contribution in [3.05, 3.63) is 0 Å². The lowest BCUT2D eigenvalue weighted by Gasteiger charge is -2.07. The van der Waals surface area contributed by atoms with E-state index >= 15 is 0 Å². The summed E-state index contributed by atoms with van der Waals surface area (Å²) in [6, 6.07) is 0. The average Bonchev–Trinajstić information content (AvgIpc) is 1.87.